The zero-order chi connectivity index (χ0) is 11.5. The number of hydrogen-bond donors (Lipinski definition) is 0. The van der Waals surface area contributed by atoms with Gasteiger partial charge in [0, 0.05) is 28.6 Å². The summed E-state index contributed by atoms with van der Waals surface area (Å²) in [5, 5.41) is 0.844. The van der Waals surface area contributed by atoms with E-state index in [-0.39, 0.29) is 0 Å². The van der Waals surface area contributed by atoms with Crippen molar-refractivity contribution in [3.8, 4) is 5.69 Å². The molecule has 16 heavy (non-hydrogen) atoms. The van der Waals surface area contributed by atoms with E-state index >= 15 is 0 Å². The Morgan fingerprint density at radius 1 is 1.38 bits per heavy atom. The third-order valence-corrected chi connectivity index (χ3v) is 3.58. The Bertz CT molecular complexity index is 492. The second-order valence-corrected chi connectivity index (χ2v) is 4.95. The van der Waals surface area contributed by atoms with Gasteiger partial charge in [0.15, 0.2) is 0 Å². The third-order valence-electron chi connectivity index (χ3n) is 2.48. The van der Waals surface area contributed by atoms with Crippen molar-refractivity contribution < 1.29 is 0 Å². The Morgan fingerprint density at radius 3 is 2.88 bits per heavy atom. The van der Waals surface area contributed by atoms with Crippen LogP contribution >= 0.6 is 31.9 Å². The summed E-state index contributed by atoms with van der Waals surface area (Å²) in [5.74, 6) is 1.08. The van der Waals surface area contributed by atoms with Crippen molar-refractivity contribution in [2.45, 2.75) is 18.7 Å². The van der Waals surface area contributed by atoms with Crippen molar-refractivity contribution in [3.05, 3.63) is 46.5 Å². The van der Waals surface area contributed by atoms with Crippen LogP contribution in [0.15, 0.2) is 35.1 Å². The molecule has 0 aliphatic rings. The standard InChI is InChI=1S/C12H12Br2N2/c1-2-12-15-5-6-16(12)11-7-10(14)4-3-9(11)8-13/h3-7H,2,8H2,1H3. The van der Waals surface area contributed by atoms with E-state index in [4.69, 9.17) is 0 Å². The molecule has 0 aliphatic heterocycles. The minimum absolute atomic E-state index is 0.844. The Balaban J connectivity index is 2.58. The molecule has 0 aliphatic carbocycles. The van der Waals surface area contributed by atoms with Gasteiger partial charge in [-0.1, -0.05) is 44.8 Å². The van der Waals surface area contributed by atoms with Gasteiger partial charge in [-0.05, 0) is 17.7 Å². The minimum atomic E-state index is 0.844. The maximum absolute atomic E-state index is 4.35. The number of nitrogens with zero attached hydrogens (tertiary/aromatic N) is 2. The summed E-state index contributed by atoms with van der Waals surface area (Å²) in [6.45, 7) is 2.12. The van der Waals surface area contributed by atoms with Crippen molar-refractivity contribution in [3.63, 3.8) is 0 Å². The highest BCUT2D eigenvalue weighted by Crippen LogP contribution is 2.23. The Hall–Kier alpha value is -0.610. The molecule has 1 aromatic heterocycles. The number of rotatable bonds is 3. The van der Waals surface area contributed by atoms with Gasteiger partial charge in [0.1, 0.15) is 5.82 Å². The first-order valence-corrected chi connectivity index (χ1v) is 7.04. The molecule has 0 radical (unpaired) electrons. The lowest BCUT2D eigenvalue weighted by atomic mass is 10.2. The maximum atomic E-state index is 4.35. The summed E-state index contributed by atoms with van der Waals surface area (Å²) >= 11 is 7.02. The highest BCUT2D eigenvalue weighted by atomic mass is 79.9. The van der Waals surface area contributed by atoms with Gasteiger partial charge in [0.05, 0.1) is 5.69 Å². The molecule has 84 valence electrons. The Labute approximate surface area is 112 Å². The summed E-state index contributed by atoms with van der Waals surface area (Å²) in [5.41, 5.74) is 2.44. The van der Waals surface area contributed by atoms with Gasteiger partial charge in [0.25, 0.3) is 0 Å². The Kier molecular flexibility index (Phi) is 3.82. The fraction of sp³-hybridized carbons (Fsp3) is 0.250. The van der Waals surface area contributed by atoms with Gasteiger partial charge in [0.2, 0.25) is 0 Å². The predicted octanol–water partition coefficient (Wildman–Crippen LogP) is 4.09. The molecule has 4 heteroatoms. The molecule has 0 bridgehead atoms. The molecule has 1 heterocycles. The van der Waals surface area contributed by atoms with Crippen LogP contribution in [0.3, 0.4) is 0 Å². The van der Waals surface area contributed by atoms with Gasteiger partial charge >= 0.3 is 0 Å². The van der Waals surface area contributed by atoms with Gasteiger partial charge in [-0.2, -0.15) is 0 Å². The average molecular weight is 344 g/mol. The van der Waals surface area contributed by atoms with Crippen LogP contribution in [0.25, 0.3) is 5.69 Å². The number of benzene rings is 1. The van der Waals surface area contributed by atoms with Crippen molar-refractivity contribution in [1.82, 2.24) is 9.55 Å². The SMILES string of the molecule is CCc1nccn1-c1cc(Br)ccc1CBr. The maximum Gasteiger partial charge on any atom is 0.112 e. The molecule has 0 unspecified atom stereocenters. The summed E-state index contributed by atoms with van der Waals surface area (Å²) in [6.07, 6.45) is 4.78. The number of hydrogen-bond acceptors (Lipinski definition) is 1. The summed E-state index contributed by atoms with van der Waals surface area (Å²) in [6, 6.07) is 6.30. The van der Waals surface area contributed by atoms with Crippen LogP contribution in [-0.2, 0) is 11.8 Å². The molecule has 0 spiro atoms. The van der Waals surface area contributed by atoms with E-state index < -0.39 is 0 Å². The molecular formula is C12H12Br2N2. The molecule has 0 N–H and O–H groups in total. The zero-order valence-electron chi connectivity index (χ0n) is 8.95. The first-order valence-electron chi connectivity index (χ1n) is 5.13. The first kappa shape index (κ1) is 11.9. The highest BCUT2D eigenvalue weighted by Gasteiger charge is 2.08. The van der Waals surface area contributed by atoms with Gasteiger partial charge < -0.3 is 4.57 Å². The fourth-order valence-electron chi connectivity index (χ4n) is 1.69. The Morgan fingerprint density at radius 2 is 2.19 bits per heavy atom. The van der Waals surface area contributed by atoms with Crippen LogP contribution in [-0.4, -0.2) is 9.55 Å². The van der Waals surface area contributed by atoms with Crippen LogP contribution in [0.2, 0.25) is 0 Å². The number of aryl methyl sites for hydroxylation is 1. The second kappa shape index (κ2) is 5.15. The average Bonchev–Trinajstić information content (AvgIpc) is 2.76. The molecule has 0 atom stereocenters. The third kappa shape index (κ3) is 2.23. The summed E-state index contributed by atoms with van der Waals surface area (Å²) in [4.78, 5) is 4.35. The van der Waals surface area contributed by atoms with Crippen molar-refractivity contribution in [2.24, 2.45) is 0 Å². The zero-order valence-corrected chi connectivity index (χ0v) is 12.1. The van der Waals surface area contributed by atoms with Crippen LogP contribution in [0.4, 0.5) is 0 Å². The van der Waals surface area contributed by atoms with Crippen LogP contribution in [0.5, 0.6) is 0 Å². The monoisotopic (exact) mass is 342 g/mol. The summed E-state index contributed by atoms with van der Waals surface area (Å²) in [7, 11) is 0. The predicted molar refractivity (Wildman–Crippen MR) is 73.3 cm³/mol. The van der Waals surface area contributed by atoms with Gasteiger partial charge in [-0.25, -0.2) is 4.98 Å². The van der Waals surface area contributed by atoms with Crippen LogP contribution in [0.1, 0.15) is 18.3 Å². The van der Waals surface area contributed by atoms with E-state index in [9.17, 15) is 0 Å². The molecule has 0 saturated carbocycles. The number of halogens is 2. The van der Waals surface area contributed by atoms with Gasteiger partial charge in [-0.3, -0.25) is 0 Å². The number of aromatic nitrogens is 2. The second-order valence-electron chi connectivity index (χ2n) is 3.47. The highest BCUT2D eigenvalue weighted by molar-refractivity contribution is 9.10. The van der Waals surface area contributed by atoms with Crippen molar-refractivity contribution in [2.75, 3.05) is 0 Å². The number of alkyl halides is 1. The molecule has 0 saturated heterocycles. The quantitative estimate of drug-likeness (QED) is 0.767. The van der Waals surface area contributed by atoms with Crippen molar-refractivity contribution >= 4 is 31.9 Å². The molecular weight excluding hydrogens is 332 g/mol. The van der Waals surface area contributed by atoms with E-state index in [0.29, 0.717) is 0 Å². The largest absolute Gasteiger partial charge is 0.303 e. The van der Waals surface area contributed by atoms with Gasteiger partial charge in [-0.15, -0.1) is 0 Å². The van der Waals surface area contributed by atoms with E-state index in [1.165, 1.54) is 11.3 Å². The van der Waals surface area contributed by atoms with E-state index in [0.717, 1.165) is 22.0 Å². The van der Waals surface area contributed by atoms with Crippen molar-refractivity contribution in [1.29, 1.82) is 0 Å². The number of imidazole rings is 1. The van der Waals surface area contributed by atoms with E-state index in [1.54, 1.807) is 0 Å². The molecule has 2 aromatic rings. The molecule has 0 amide bonds. The molecule has 1 aromatic carbocycles. The van der Waals surface area contributed by atoms with Crippen LogP contribution < -0.4 is 0 Å². The lowest BCUT2D eigenvalue weighted by Gasteiger charge is -2.11. The smallest absolute Gasteiger partial charge is 0.112 e. The molecule has 0 fully saturated rings. The molecule has 2 rings (SSSR count). The van der Waals surface area contributed by atoms with E-state index in [1.807, 2.05) is 12.4 Å². The minimum Gasteiger partial charge on any atom is -0.303 e. The topological polar surface area (TPSA) is 17.8 Å². The fourth-order valence-corrected chi connectivity index (χ4v) is 2.51. The lowest BCUT2D eigenvalue weighted by Crippen LogP contribution is -2.02. The van der Waals surface area contributed by atoms with E-state index in [2.05, 4.69) is 66.5 Å². The normalized spacial score (nSPS) is 10.7. The molecule has 2 nitrogen and oxygen atoms in total. The van der Waals surface area contributed by atoms with Crippen LogP contribution in [0, 0.1) is 0 Å². The first-order chi connectivity index (χ1) is 7.76. The summed E-state index contributed by atoms with van der Waals surface area (Å²) < 4.78 is 3.23. The lowest BCUT2D eigenvalue weighted by molar-refractivity contribution is 0.885.